The van der Waals surface area contributed by atoms with E-state index >= 15 is 0 Å². The third-order valence-corrected chi connectivity index (χ3v) is 2.74. The van der Waals surface area contributed by atoms with Crippen molar-refractivity contribution in [3.63, 3.8) is 0 Å². The summed E-state index contributed by atoms with van der Waals surface area (Å²) in [4.78, 5) is 0. The molecule has 1 saturated carbocycles. The van der Waals surface area contributed by atoms with Gasteiger partial charge in [0, 0.05) is 13.1 Å². The predicted octanol–water partition coefficient (Wildman–Crippen LogP) is 1.41. The van der Waals surface area contributed by atoms with Crippen molar-refractivity contribution < 1.29 is 0 Å². The van der Waals surface area contributed by atoms with Gasteiger partial charge in [-0.3, -0.25) is 0 Å². The molecule has 0 spiro atoms. The Balaban J connectivity index is 2.03. The van der Waals surface area contributed by atoms with E-state index in [0.717, 1.165) is 11.8 Å². The van der Waals surface area contributed by atoms with Crippen LogP contribution in [0, 0.1) is 11.8 Å². The van der Waals surface area contributed by atoms with Crippen LogP contribution >= 0.6 is 0 Å². The van der Waals surface area contributed by atoms with Crippen molar-refractivity contribution in [2.24, 2.45) is 11.8 Å². The Morgan fingerprint density at radius 1 is 0.778 bits per heavy atom. The smallest absolute Gasteiger partial charge is 0.0161 e. The molecule has 2 aliphatic heterocycles. The molecule has 51 valence electrons. The Hall–Kier alpha value is -0.0400. The van der Waals surface area contributed by atoms with Crippen LogP contribution in [0.25, 0.3) is 0 Å². The van der Waals surface area contributed by atoms with Gasteiger partial charge in [-0.05, 0) is 37.5 Å². The van der Waals surface area contributed by atoms with Crippen LogP contribution in [0.1, 0.15) is 25.7 Å². The van der Waals surface area contributed by atoms with Gasteiger partial charge in [-0.1, -0.05) is 0 Å². The quantitative estimate of drug-likeness (QED) is 0.463. The lowest BCUT2D eigenvalue weighted by Crippen LogP contribution is -2.11. The lowest BCUT2D eigenvalue weighted by atomic mass is 9.84. The van der Waals surface area contributed by atoms with Gasteiger partial charge in [0.15, 0.2) is 0 Å². The lowest BCUT2D eigenvalue weighted by Gasteiger charge is -2.20. The van der Waals surface area contributed by atoms with Gasteiger partial charge >= 0.3 is 0 Å². The second-order valence-electron chi connectivity index (χ2n) is 3.48. The van der Waals surface area contributed by atoms with Crippen molar-refractivity contribution in [2.45, 2.75) is 25.7 Å². The van der Waals surface area contributed by atoms with E-state index in [1.165, 1.54) is 38.8 Å². The lowest BCUT2D eigenvalue weighted by molar-refractivity contribution is 0.326. The second kappa shape index (κ2) is 2.30. The van der Waals surface area contributed by atoms with Crippen LogP contribution in [0.2, 0.25) is 0 Å². The van der Waals surface area contributed by atoms with E-state index in [0.29, 0.717) is 0 Å². The Kier molecular flexibility index (Phi) is 1.46. The number of fused-ring (bicyclic) bond motifs is 4. The first-order chi connectivity index (χ1) is 4.45. The zero-order valence-electron chi connectivity index (χ0n) is 5.84. The fourth-order valence-electron chi connectivity index (χ4n) is 2.04. The van der Waals surface area contributed by atoms with Crippen LogP contribution in [0.5, 0.6) is 0 Å². The summed E-state index contributed by atoms with van der Waals surface area (Å²) in [6.07, 6.45) is 5.87. The molecule has 1 nitrogen and oxygen atoms in total. The average Bonchev–Trinajstić information content (AvgIpc) is 2.21. The van der Waals surface area contributed by atoms with Gasteiger partial charge in [-0.15, -0.1) is 0 Å². The number of nitrogens with zero attached hydrogens (tertiary/aromatic N) is 1. The summed E-state index contributed by atoms with van der Waals surface area (Å²) in [6.45, 7) is 2.35. The summed E-state index contributed by atoms with van der Waals surface area (Å²) in [5.41, 5.74) is 0. The first kappa shape index (κ1) is 5.72. The van der Waals surface area contributed by atoms with Crippen LogP contribution in [-0.2, 0) is 0 Å². The summed E-state index contributed by atoms with van der Waals surface area (Å²) < 4.78 is 0. The van der Waals surface area contributed by atoms with Gasteiger partial charge in [0.25, 0.3) is 0 Å². The third-order valence-electron chi connectivity index (χ3n) is 2.74. The van der Waals surface area contributed by atoms with Crippen LogP contribution in [0.4, 0.5) is 0 Å². The van der Waals surface area contributed by atoms with E-state index < -0.39 is 0 Å². The first-order valence-corrected chi connectivity index (χ1v) is 4.08. The molecule has 2 heterocycles. The van der Waals surface area contributed by atoms with Crippen molar-refractivity contribution >= 4 is 0 Å². The Bertz CT molecular complexity index is 75.2. The zero-order chi connectivity index (χ0) is 6.10. The van der Waals surface area contributed by atoms with Crippen LogP contribution in [0.15, 0.2) is 0 Å². The average molecular weight is 124 g/mol. The Labute approximate surface area is 56.8 Å². The molecule has 0 amide bonds. The van der Waals surface area contributed by atoms with Gasteiger partial charge in [-0.2, -0.15) is 0 Å². The normalized spacial score (nSPS) is 42.7. The van der Waals surface area contributed by atoms with Crippen molar-refractivity contribution in [2.75, 3.05) is 13.1 Å². The van der Waals surface area contributed by atoms with E-state index in [-0.39, 0.29) is 0 Å². The standard InChI is InChI=1S/C8H14N/c1-2-8-4-3-7(1)5-9-6-8/h7-8H,1-6H2. The van der Waals surface area contributed by atoms with Gasteiger partial charge in [0.05, 0.1) is 0 Å². The molecular weight excluding hydrogens is 110 g/mol. The fraction of sp³-hybridized carbons (Fsp3) is 1.00. The highest BCUT2D eigenvalue weighted by atomic mass is 14.9. The van der Waals surface area contributed by atoms with E-state index in [9.17, 15) is 0 Å². The molecule has 3 aliphatic rings. The number of rotatable bonds is 0. The molecular formula is C8H14N. The molecule has 3 fully saturated rings. The van der Waals surface area contributed by atoms with E-state index in [1.807, 2.05) is 0 Å². The highest BCUT2D eigenvalue weighted by Gasteiger charge is 2.24. The minimum absolute atomic E-state index is 0.976. The van der Waals surface area contributed by atoms with Gasteiger partial charge in [-0.25, -0.2) is 5.32 Å². The Morgan fingerprint density at radius 3 is 1.67 bits per heavy atom. The molecule has 0 atom stereocenters. The topological polar surface area (TPSA) is 14.1 Å². The second-order valence-corrected chi connectivity index (χ2v) is 3.48. The maximum Gasteiger partial charge on any atom is 0.0161 e. The fourth-order valence-corrected chi connectivity index (χ4v) is 2.04. The molecule has 1 heteroatoms. The molecule has 2 saturated heterocycles. The number of hydrogen-bond acceptors (Lipinski definition) is 0. The highest BCUT2D eigenvalue weighted by Crippen LogP contribution is 2.30. The predicted molar refractivity (Wildman–Crippen MR) is 37.3 cm³/mol. The van der Waals surface area contributed by atoms with E-state index in [4.69, 9.17) is 0 Å². The molecule has 0 N–H and O–H groups in total. The summed E-state index contributed by atoms with van der Waals surface area (Å²) in [5.74, 6) is 1.95. The summed E-state index contributed by atoms with van der Waals surface area (Å²) >= 11 is 0. The van der Waals surface area contributed by atoms with Crippen molar-refractivity contribution in [3.05, 3.63) is 0 Å². The van der Waals surface area contributed by atoms with Gasteiger partial charge in [0.1, 0.15) is 0 Å². The van der Waals surface area contributed by atoms with Gasteiger partial charge in [0.2, 0.25) is 0 Å². The van der Waals surface area contributed by atoms with Crippen molar-refractivity contribution in [3.8, 4) is 0 Å². The maximum absolute atomic E-state index is 4.50. The SMILES string of the molecule is C1CC2CCC1C[N]C2. The summed E-state index contributed by atoms with van der Waals surface area (Å²) in [5, 5.41) is 4.50. The maximum atomic E-state index is 4.50. The van der Waals surface area contributed by atoms with Crippen LogP contribution in [0.3, 0.4) is 0 Å². The van der Waals surface area contributed by atoms with Crippen LogP contribution < -0.4 is 5.32 Å². The minimum atomic E-state index is 0.976. The molecule has 1 aliphatic carbocycles. The Morgan fingerprint density at radius 2 is 1.22 bits per heavy atom. The van der Waals surface area contributed by atoms with E-state index in [1.54, 1.807) is 0 Å². The largest absolute Gasteiger partial charge is 0.241 e. The molecule has 9 heavy (non-hydrogen) atoms. The molecule has 3 rings (SSSR count). The number of hydrogen-bond donors (Lipinski definition) is 0. The zero-order valence-corrected chi connectivity index (χ0v) is 5.84. The summed E-state index contributed by atoms with van der Waals surface area (Å²) in [6, 6.07) is 0. The van der Waals surface area contributed by atoms with Gasteiger partial charge < -0.3 is 0 Å². The molecule has 1 radical (unpaired) electrons. The molecule has 0 aromatic rings. The molecule has 0 aromatic heterocycles. The van der Waals surface area contributed by atoms with Crippen molar-refractivity contribution in [1.29, 1.82) is 0 Å². The summed E-state index contributed by atoms with van der Waals surface area (Å²) in [7, 11) is 0. The first-order valence-electron chi connectivity index (χ1n) is 4.08. The van der Waals surface area contributed by atoms with Crippen LogP contribution in [-0.4, -0.2) is 13.1 Å². The molecule has 2 bridgehead atoms. The molecule has 0 aromatic carbocycles. The molecule has 0 unspecified atom stereocenters. The monoisotopic (exact) mass is 124 g/mol. The van der Waals surface area contributed by atoms with Crippen molar-refractivity contribution in [1.82, 2.24) is 5.32 Å². The third kappa shape index (κ3) is 1.11. The minimum Gasteiger partial charge on any atom is -0.241 e. The van der Waals surface area contributed by atoms with E-state index in [2.05, 4.69) is 5.32 Å². The highest BCUT2D eigenvalue weighted by molar-refractivity contribution is 4.79.